The van der Waals surface area contributed by atoms with E-state index in [0.29, 0.717) is 13.0 Å². The van der Waals surface area contributed by atoms with Crippen molar-refractivity contribution in [2.75, 3.05) is 6.61 Å². The lowest BCUT2D eigenvalue weighted by Crippen LogP contribution is -2.56. The Hall–Kier alpha value is -1.61. The van der Waals surface area contributed by atoms with E-state index >= 15 is 0 Å². The maximum atomic E-state index is 11.9. The lowest BCUT2D eigenvalue weighted by molar-refractivity contribution is -0.158. The van der Waals surface area contributed by atoms with Crippen LogP contribution in [0.4, 0.5) is 0 Å². The van der Waals surface area contributed by atoms with Crippen LogP contribution >= 0.6 is 0 Å². The molecule has 96 valence electrons. The molecule has 1 aromatic rings. The highest BCUT2D eigenvalue weighted by Gasteiger charge is 2.40. The van der Waals surface area contributed by atoms with E-state index in [0.717, 1.165) is 12.0 Å². The van der Waals surface area contributed by atoms with Crippen molar-refractivity contribution >= 4 is 5.97 Å². The Morgan fingerprint density at radius 1 is 1.50 bits per heavy atom. The van der Waals surface area contributed by atoms with E-state index in [4.69, 9.17) is 4.74 Å². The second kappa shape index (κ2) is 5.36. The normalized spacial score (nSPS) is 27.6. The molecule has 0 spiro atoms. The van der Waals surface area contributed by atoms with Crippen molar-refractivity contribution in [1.29, 1.82) is 0 Å². The number of cyclic esters (lactones) is 1. The van der Waals surface area contributed by atoms with Crippen LogP contribution in [0.3, 0.4) is 0 Å². The number of ether oxygens (including phenoxy) is 1. The number of nitrogens with one attached hydrogen (secondary N) is 1. The van der Waals surface area contributed by atoms with Crippen molar-refractivity contribution < 1.29 is 9.53 Å². The molecule has 1 N–H and O–H groups in total. The molecule has 1 aromatic carbocycles. The van der Waals surface area contributed by atoms with E-state index in [2.05, 4.69) is 11.9 Å². The summed E-state index contributed by atoms with van der Waals surface area (Å²) in [4.78, 5) is 11.9. The molecule has 0 bridgehead atoms. The molecule has 0 unspecified atom stereocenters. The molecule has 0 radical (unpaired) electrons. The minimum absolute atomic E-state index is 0.0683. The maximum absolute atomic E-state index is 11.9. The molecule has 3 nitrogen and oxygen atoms in total. The van der Waals surface area contributed by atoms with Crippen LogP contribution in [-0.2, 0) is 9.53 Å². The fraction of sp³-hybridized carbons (Fsp3) is 0.400. The summed E-state index contributed by atoms with van der Waals surface area (Å²) in [6, 6.07) is 10.1. The molecule has 1 heterocycles. The zero-order valence-corrected chi connectivity index (χ0v) is 10.7. The van der Waals surface area contributed by atoms with Gasteiger partial charge in [0.25, 0.3) is 0 Å². The fourth-order valence-electron chi connectivity index (χ4n) is 2.23. The van der Waals surface area contributed by atoms with Crippen molar-refractivity contribution in [2.45, 2.75) is 31.3 Å². The Labute approximate surface area is 108 Å². The van der Waals surface area contributed by atoms with E-state index in [-0.39, 0.29) is 12.0 Å². The van der Waals surface area contributed by atoms with E-state index in [1.807, 2.05) is 43.3 Å². The summed E-state index contributed by atoms with van der Waals surface area (Å²) in [6.07, 6.45) is 3.32. The van der Waals surface area contributed by atoms with E-state index in [1.54, 1.807) is 0 Å². The van der Waals surface area contributed by atoms with Crippen LogP contribution in [0.15, 0.2) is 43.0 Å². The van der Waals surface area contributed by atoms with Crippen LogP contribution in [0, 0.1) is 0 Å². The third-order valence-corrected chi connectivity index (χ3v) is 3.37. The molecule has 0 saturated carbocycles. The summed E-state index contributed by atoms with van der Waals surface area (Å²) in [6.45, 7) is 5.99. The van der Waals surface area contributed by atoms with Gasteiger partial charge in [0.05, 0.1) is 6.04 Å². The summed E-state index contributed by atoms with van der Waals surface area (Å²) < 4.78 is 5.32. The second-order valence-corrected chi connectivity index (χ2v) is 4.87. The van der Waals surface area contributed by atoms with Gasteiger partial charge in [0, 0.05) is 0 Å². The van der Waals surface area contributed by atoms with Crippen molar-refractivity contribution in [1.82, 2.24) is 5.32 Å². The highest BCUT2D eigenvalue weighted by molar-refractivity contribution is 5.81. The Kier molecular flexibility index (Phi) is 3.82. The zero-order valence-electron chi connectivity index (χ0n) is 10.7. The van der Waals surface area contributed by atoms with Crippen molar-refractivity contribution in [3.05, 3.63) is 48.6 Å². The zero-order chi connectivity index (χ0) is 13.0. The van der Waals surface area contributed by atoms with Crippen LogP contribution in [0.1, 0.15) is 31.4 Å². The third kappa shape index (κ3) is 2.62. The van der Waals surface area contributed by atoms with Gasteiger partial charge in [-0.2, -0.15) is 0 Å². The standard InChI is InChI=1S/C15H19NO2/c1-3-4-10-15(2)14(17)18-11-13(16-15)12-8-6-5-7-9-12/h3,5-9,13,16H,1,4,10-11H2,2H3/t13-,15-/m0/s1. The van der Waals surface area contributed by atoms with Crippen LogP contribution in [0.5, 0.6) is 0 Å². The topological polar surface area (TPSA) is 38.3 Å². The van der Waals surface area contributed by atoms with E-state index < -0.39 is 5.54 Å². The number of carbonyl (C=O) groups is 1. The van der Waals surface area contributed by atoms with Gasteiger partial charge in [-0.25, -0.2) is 0 Å². The third-order valence-electron chi connectivity index (χ3n) is 3.37. The minimum atomic E-state index is -0.618. The van der Waals surface area contributed by atoms with Crippen LogP contribution in [0.2, 0.25) is 0 Å². The first-order valence-electron chi connectivity index (χ1n) is 6.26. The van der Waals surface area contributed by atoms with E-state index in [1.165, 1.54) is 0 Å². The summed E-state index contributed by atoms with van der Waals surface area (Å²) >= 11 is 0. The van der Waals surface area contributed by atoms with Crippen LogP contribution in [-0.4, -0.2) is 18.1 Å². The fourth-order valence-corrected chi connectivity index (χ4v) is 2.23. The van der Waals surface area contributed by atoms with Gasteiger partial charge in [0.15, 0.2) is 0 Å². The lowest BCUT2D eigenvalue weighted by Gasteiger charge is -2.38. The smallest absolute Gasteiger partial charge is 0.326 e. The molecule has 18 heavy (non-hydrogen) atoms. The summed E-state index contributed by atoms with van der Waals surface area (Å²) in [5.74, 6) is -0.170. The van der Waals surface area contributed by atoms with Gasteiger partial charge in [0.1, 0.15) is 12.1 Å². The number of allylic oxidation sites excluding steroid dienone is 1. The first-order valence-corrected chi connectivity index (χ1v) is 6.26. The number of hydrogen-bond acceptors (Lipinski definition) is 3. The molecule has 1 aliphatic heterocycles. The van der Waals surface area contributed by atoms with Crippen molar-refractivity contribution in [3.63, 3.8) is 0 Å². The molecule has 0 amide bonds. The number of rotatable bonds is 4. The second-order valence-electron chi connectivity index (χ2n) is 4.87. The number of esters is 1. The number of carbonyl (C=O) groups excluding carboxylic acids is 1. The Balaban J connectivity index is 2.13. The highest BCUT2D eigenvalue weighted by Crippen LogP contribution is 2.26. The molecule has 1 fully saturated rings. The minimum Gasteiger partial charge on any atom is -0.462 e. The number of benzene rings is 1. The van der Waals surface area contributed by atoms with Gasteiger partial charge in [-0.15, -0.1) is 6.58 Å². The maximum Gasteiger partial charge on any atom is 0.326 e. The lowest BCUT2D eigenvalue weighted by atomic mass is 9.91. The van der Waals surface area contributed by atoms with Gasteiger partial charge in [-0.3, -0.25) is 10.1 Å². The van der Waals surface area contributed by atoms with Crippen LogP contribution < -0.4 is 5.32 Å². The monoisotopic (exact) mass is 245 g/mol. The van der Waals surface area contributed by atoms with Gasteiger partial charge in [-0.1, -0.05) is 36.4 Å². The Morgan fingerprint density at radius 2 is 2.22 bits per heavy atom. The molecule has 0 aliphatic carbocycles. The predicted octanol–water partition coefficient (Wildman–Crippen LogP) is 2.60. The van der Waals surface area contributed by atoms with Crippen LogP contribution in [0.25, 0.3) is 0 Å². The first kappa shape index (κ1) is 12.8. The first-order chi connectivity index (χ1) is 8.65. The van der Waals surface area contributed by atoms with Gasteiger partial charge >= 0.3 is 5.97 Å². The van der Waals surface area contributed by atoms with Crippen molar-refractivity contribution in [2.24, 2.45) is 0 Å². The number of morpholine rings is 1. The molecular formula is C15H19NO2. The van der Waals surface area contributed by atoms with Gasteiger partial charge in [0.2, 0.25) is 0 Å². The van der Waals surface area contributed by atoms with E-state index in [9.17, 15) is 4.79 Å². The average Bonchev–Trinajstić information content (AvgIpc) is 2.41. The molecule has 1 saturated heterocycles. The summed E-state index contributed by atoms with van der Waals surface area (Å²) in [7, 11) is 0. The number of hydrogen-bond donors (Lipinski definition) is 1. The Morgan fingerprint density at radius 3 is 2.89 bits per heavy atom. The Bertz CT molecular complexity index is 429. The predicted molar refractivity (Wildman–Crippen MR) is 71.1 cm³/mol. The molecule has 2 rings (SSSR count). The molecule has 3 heteroatoms. The molecular weight excluding hydrogens is 226 g/mol. The average molecular weight is 245 g/mol. The van der Waals surface area contributed by atoms with Gasteiger partial charge < -0.3 is 4.74 Å². The largest absolute Gasteiger partial charge is 0.462 e. The summed E-state index contributed by atoms with van der Waals surface area (Å²) in [5.41, 5.74) is 0.530. The summed E-state index contributed by atoms with van der Waals surface area (Å²) in [5, 5.41) is 3.41. The molecule has 2 atom stereocenters. The molecule has 0 aromatic heterocycles. The SMILES string of the molecule is C=CCC[C@]1(C)N[C@H](c2ccccc2)COC1=O. The highest BCUT2D eigenvalue weighted by atomic mass is 16.5. The quantitative estimate of drug-likeness (QED) is 0.654. The van der Waals surface area contributed by atoms with Gasteiger partial charge in [-0.05, 0) is 25.3 Å². The van der Waals surface area contributed by atoms with Crippen molar-refractivity contribution in [3.8, 4) is 0 Å². The molecule has 1 aliphatic rings.